The molecule has 1 aliphatic heterocycles. The highest BCUT2D eigenvalue weighted by atomic mass is 16.5. The molecule has 0 spiro atoms. The van der Waals surface area contributed by atoms with Crippen LogP contribution in [-0.2, 0) is 16.1 Å². The molecule has 0 unspecified atom stereocenters. The smallest absolute Gasteiger partial charge is 0.218 e. The lowest BCUT2D eigenvalue weighted by atomic mass is 9.94. The van der Waals surface area contributed by atoms with Crippen molar-refractivity contribution in [2.24, 2.45) is 5.73 Å². The van der Waals surface area contributed by atoms with Crippen molar-refractivity contribution in [3.63, 3.8) is 0 Å². The van der Waals surface area contributed by atoms with Gasteiger partial charge >= 0.3 is 0 Å². The van der Waals surface area contributed by atoms with E-state index < -0.39 is 0 Å². The van der Waals surface area contributed by atoms with Crippen molar-refractivity contribution in [3.05, 3.63) is 23.9 Å². The highest BCUT2D eigenvalue weighted by Gasteiger charge is 2.32. The fourth-order valence-corrected chi connectivity index (χ4v) is 2.10. The fourth-order valence-electron chi connectivity index (χ4n) is 2.10. The van der Waals surface area contributed by atoms with Gasteiger partial charge in [0.2, 0.25) is 5.88 Å². The van der Waals surface area contributed by atoms with Gasteiger partial charge in [0.25, 0.3) is 0 Å². The number of methoxy groups -OCH3 is 1. The highest BCUT2D eigenvalue weighted by Crippen LogP contribution is 2.26. The van der Waals surface area contributed by atoms with Crippen LogP contribution in [0.3, 0.4) is 0 Å². The van der Waals surface area contributed by atoms with Crippen LogP contribution < -0.4 is 10.5 Å². The molecule has 1 aromatic rings. The normalized spacial score (nSPS) is 18.6. The van der Waals surface area contributed by atoms with Crippen molar-refractivity contribution in [2.45, 2.75) is 25.0 Å². The number of hydrogen-bond acceptors (Lipinski definition) is 5. The summed E-state index contributed by atoms with van der Waals surface area (Å²) in [4.78, 5) is 4.15. The number of ether oxygens (including phenoxy) is 3. The van der Waals surface area contributed by atoms with E-state index in [1.54, 1.807) is 13.3 Å². The van der Waals surface area contributed by atoms with Gasteiger partial charge < -0.3 is 19.9 Å². The molecule has 2 rings (SSSR count). The molecule has 5 nitrogen and oxygen atoms in total. The van der Waals surface area contributed by atoms with Crippen molar-refractivity contribution in [1.82, 2.24) is 4.98 Å². The molecule has 2 N–H and O–H groups in total. The second-order valence-electron chi connectivity index (χ2n) is 4.46. The van der Waals surface area contributed by atoms with E-state index in [1.165, 1.54) is 0 Å². The molecule has 0 amide bonds. The molecular weight excluding hydrogens is 232 g/mol. The Bertz CT molecular complexity index is 378. The van der Waals surface area contributed by atoms with Crippen LogP contribution in [0.4, 0.5) is 0 Å². The molecule has 0 radical (unpaired) electrons. The Morgan fingerprint density at radius 3 is 2.89 bits per heavy atom. The summed E-state index contributed by atoms with van der Waals surface area (Å²) in [6.45, 7) is 2.40. The van der Waals surface area contributed by atoms with Gasteiger partial charge in [-0.05, 0) is 12.1 Å². The summed E-state index contributed by atoms with van der Waals surface area (Å²) in [6, 6.07) is 3.83. The molecule has 18 heavy (non-hydrogen) atoms. The third-order valence-electron chi connectivity index (χ3n) is 3.35. The van der Waals surface area contributed by atoms with Crippen LogP contribution in [0.1, 0.15) is 18.4 Å². The van der Waals surface area contributed by atoms with E-state index in [-0.39, 0.29) is 5.60 Å². The van der Waals surface area contributed by atoms with Gasteiger partial charge in [-0.15, -0.1) is 0 Å². The predicted molar refractivity (Wildman–Crippen MR) is 67.4 cm³/mol. The molecule has 100 valence electrons. The van der Waals surface area contributed by atoms with Gasteiger partial charge in [-0.25, -0.2) is 4.98 Å². The summed E-state index contributed by atoms with van der Waals surface area (Å²) in [5.74, 6) is 0.608. The lowest BCUT2D eigenvalue weighted by molar-refractivity contribution is -0.112. The third-order valence-corrected chi connectivity index (χ3v) is 3.35. The molecule has 5 heteroatoms. The molecule has 0 aliphatic carbocycles. The summed E-state index contributed by atoms with van der Waals surface area (Å²) >= 11 is 0. The summed E-state index contributed by atoms with van der Waals surface area (Å²) in [7, 11) is 1.61. The zero-order valence-corrected chi connectivity index (χ0v) is 10.7. The topological polar surface area (TPSA) is 66.6 Å². The van der Waals surface area contributed by atoms with Crippen molar-refractivity contribution in [2.75, 3.05) is 26.9 Å². The second-order valence-corrected chi connectivity index (χ2v) is 4.46. The minimum absolute atomic E-state index is 0.265. The Balaban J connectivity index is 2.01. The maximum absolute atomic E-state index is 6.02. The maximum Gasteiger partial charge on any atom is 0.218 e. The quantitative estimate of drug-likeness (QED) is 0.850. The molecule has 0 saturated carbocycles. The number of rotatable bonds is 5. The van der Waals surface area contributed by atoms with E-state index in [0.717, 1.165) is 18.4 Å². The molecule has 2 heterocycles. The monoisotopic (exact) mass is 252 g/mol. The predicted octanol–water partition coefficient (Wildman–Crippen LogP) is 1.11. The van der Waals surface area contributed by atoms with E-state index in [1.807, 2.05) is 12.1 Å². The molecule has 0 atom stereocenters. The molecule has 1 saturated heterocycles. The van der Waals surface area contributed by atoms with Crippen molar-refractivity contribution < 1.29 is 14.2 Å². The standard InChI is InChI=1S/C13H20N2O3/c1-16-12-11(3-2-6-15-12)9-18-13(10-14)4-7-17-8-5-13/h2-3,6H,4-5,7-10,14H2,1H3. The minimum atomic E-state index is -0.265. The second kappa shape index (κ2) is 6.13. The SMILES string of the molecule is COc1ncccc1COC1(CN)CCOCC1. The largest absolute Gasteiger partial charge is 0.481 e. The Labute approximate surface area is 107 Å². The van der Waals surface area contributed by atoms with Crippen LogP contribution in [0.15, 0.2) is 18.3 Å². The summed E-state index contributed by atoms with van der Waals surface area (Å²) in [5.41, 5.74) is 6.52. The Morgan fingerprint density at radius 2 is 2.22 bits per heavy atom. The Morgan fingerprint density at radius 1 is 1.44 bits per heavy atom. The van der Waals surface area contributed by atoms with E-state index in [9.17, 15) is 0 Å². The summed E-state index contributed by atoms with van der Waals surface area (Å²) < 4.78 is 16.6. The average molecular weight is 252 g/mol. The first-order valence-corrected chi connectivity index (χ1v) is 6.19. The van der Waals surface area contributed by atoms with E-state index in [0.29, 0.717) is 32.2 Å². The molecular formula is C13H20N2O3. The number of pyridine rings is 1. The van der Waals surface area contributed by atoms with E-state index >= 15 is 0 Å². The van der Waals surface area contributed by atoms with Gasteiger partial charge in [-0.3, -0.25) is 0 Å². The lowest BCUT2D eigenvalue weighted by Crippen LogP contribution is -2.45. The van der Waals surface area contributed by atoms with Gasteiger partial charge in [0.15, 0.2) is 0 Å². The molecule has 1 fully saturated rings. The lowest BCUT2D eigenvalue weighted by Gasteiger charge is -2.36. The molecule has 0 aromatic carbocycles. The van der Waals surface area contributed by atoms with E-state index in [4.69, 9.17) is 19.9 Å². The zero-order valence-electron chi connectivity index (χ0n) is 10.7. The van der Waals surface area contributed by atoms with Crippen molar-refractivity contribution in [3.8, 4) is 5.88 Å². The first-order valence-electron chi connectivity index (χ1n) is 6.19. The highest BCUT2D eigenvalue weighted by molar-refractivity contribution is 5.24. The average Bonchev–Trinajstić information content (AvgIpc) is 2.46. The maximum atomic E-state index is 6.02. The summed E-state index contributed by atoms with van der Waals surface area (Å²) in [6.07, 6.45) is 3.38. The zero-order chi connectivity index (χ0) is 12.8. The number of aromatic nitrogens is 1. The van der Waals surface area contributed by atoms with Crippen LogP contribution >= 0.6 is 0 Å². The number of nitrogens with two attached hydrogens (primary N) is 1. The van der Waals surface area contributed by atoms with Gasteiger partial charge in [0.05, 0.1) is 19.3 Å². The minimum Gasteiger partial charge on any atom is -0.481 e. The Kier molecular flexibility index (Phi) is 4.52. The van der Waals surface area contributed by atoms with E-state index in [2.05, 4.69) is 4.98 Å². The Hall–Kier alpha value is -1.17. The van der Waals surface area contributed by atoms with Crippen LogP contribution in [-0.4, -0.2) is 37.5 Å². The van der Waals surface area contributed by atoms with Crippen molar-refractivity contribution in [1.29, 1.82) is 0 Å². The van der Waals surface area contributed by atoms with Crippen LogP contribution in [0.5, 0.6) is 5.88 Å². The van der Waals surface area contributed by atoms with Gasteiger partial charge in [-0.2, -0.15) is 0 Å². The van der Waals surface area contributed by atoms with Crippen LogP contribution in [0, 0.1) is 0 Å². The van der Waals surface area contributed by atoms with Gasteiger partial charge in [0.1, 0.15) is 0 Å². The fraction of sp³-hybridized carbons (Fsp3) is 0.615. The summed E-state index contributed by atoms with van der Waals surface area (Å²) in [5, 5.41) is 0. The first-order chi connectivity index (χ1) is 8.79. The molecule has 0 bridgehead atoms. The molecule has 1 aliphatic rings. The van der Waals surface area contributed by atoms with Gasteiger partial charge in [0, 0.05) is 44.4 Å². The number of nitrogens with zero attached hydrogens (tertiary/aromatic N) is 1. The van der Waals surface area contributed by atoms with Crippen LogP contribution in [0.25, 0.3) is 0 Å². The first kappa shape index (κ1) is 13.3. The van der Waals surface area contributed by atoms with Crippen LogP contribution in [0.2, 0.25) is 0 Å². The third kappa shape index (κ3) is 2.98. The number of hydrogen-bond donors (Lipinski definition) is 1. The van der Waals surface area contributed by atoms with Crippen molar-refractivity contribution >= 4 is 0 Å². The van der Waals surface area contributed by atoms with Gasteiger partial charge in [-0.1, -0.05) is 0 Å². The molecule has 1 aromatic heterocycles.